The summed E-state index contributed by atoms with van der Waals surface area (Å²) >= 11 is 0. The highest BCUT2D eigenvalue weighted by atomic mass is 32.2. The molecule has 1 aromatic heterocycles. The summed E-state index contributed by atoms with van der Waals surface area (Å²) in [5.74, 6) is 0.0584. The van der Waals surface area contributed by atoms with Crippen LogP contribution in [0.3, 0.4) is 0 Å². The molecule has 0 saturated heterocycles. The van der Waals surface area contributed by atoms with Gasteiger partial charge in [0.25, 0.3) is 0 Å². The maximum absolute atomic E-state index is 10.7. The third kappa shape index (κ3) is 4.94. The quantitative estimate of drug-likeness (QED) is 0.844. The van der Waals surface area contributed by atoms with Crippen LogP contribution in [0.5, 0.6) is 0 Å². The van der Waals surface area contributed by atoms with Gasteiger partial charge in [0.15, 0.2) is 5.78 Å². The second-order valence-electron chi connectivity index (χ2n) is 4.32. The van der Waals surface area contributed by atoms with Crippen molar-refractivity contribution in [2.45, 2.75) is 18.7 Å². The highest BCUT2D eigenvalue weighted by Crippen LogP contribution is 2.06. The predicted molar refractivity (Wildman–Crippen MR) is 75.8 cm³/mol. The SMILES string of the molecule is CC(=O)c1cnn(C)c1.Cc1ccc(S(N)(=O)=O)cc1. The molecule has 0 radical (unpaired) electrons. The Balaban J connectivity index is 0.000000204. The first-order valence-electron chi connectivity index (χ1n) is 5.79. The van der Waals surface area contributed by atoms with Crippen LogP contribution in [-0.2, 0) is 17.1 Å². The number of aryl methyl sites for hydroxylation is 2. The number of rotatable bonds is 2. The van der Waals surface area contributed by atoms with Gasteiger partial charge in [0, 0.05) is 13.2 Å². The number of nitrogens with zero attached hydrogens (tertiary/aromatic N) is 2. The summed E-state index contributed by atoms with van der Waals surface area (Å²) in [5.41, 5.74) is 1.68. The third-order valence-electron chi connectivity index (χ3n) is 2.46. The van der Waals surface area contributed by atoms with Crippen LogP contribution in [0, 0.1) is 6.92 Å². The average molecular weight is 295 g/mol. The number of primary sulfonamides is 1. The van der Waals surface area contributed by atoms with E-state index in [4.69, 9.17) is 5.14 Å². The van der Waals surface area contributed by atoms with Crippen molar-refractivity contribution in [1.29, 1.82) is 0 Å². The molecule has 2 N–H and O–H groups in total. The van der Waals surface area contributed by atoms with Crippen LogP contribution in [0.1, 0.15) is 22.8 Å². The van der Waals surface area contributed by atoms with Gasteiger partial charge in [0.05, 0.1) is 16.7 Å². The van der Waals surface area contributed by atoms with Crippen LogP contribution in [0.4, 0.5) is 0 Å². The Hall–Kier alpha value is -1.99. The second kappa shape index (κ2) is 6.44. The van der Waals surface area contributed by atoms with Gasteiger partial charge >= 0.3 is 0 Å². The lowest BCUT2D eigenvalue weighted by Gasteiger charge is -1.96. The monoisotopic (exact) mass is 295 g/mol. The minimum atomic E-state index is -3.52. The number of Topliss-reactive ketones (excluding diaryl/α,β-unsaturated/α-hetero) is 1. The van der Waals surface area contributed by atoms with Crippen molar-refractivity contribution in [3.05, 3.63) is 47.8 Å². The van der Waals surface area contributed by atoms with Crippen LogP contribution < -0.4 is 5.14 Å². The molecule has 2 aromatic rings. The van der Waals surface area contributed by atoms with Crippen molar-refractivity contribution in [3.63, 3.8) is 0 Å². The Morgan fingerprint density at radius 2 is 1.80 bits per heavy atom. The zero-order valence-corrected chi connectivity index (χ0v) is 12.4. The summed E-state index contributed by atoms with van der Waals surface area (Å²) in [6.07, 6.45) is 3.25. The standard InChI is InChI=1S/C7H9NO2S.C6H8N2O/c1-6-2-4-7(5-3-6)11(8,9)10;1-5(9)6-3-7-8(2)4-6/h2-5H,1H3,(H2,8,9,10);3-4H,1-2H3. The Morgan fingerprint density at radius 3 is 2.10 bits per heavy atom. The van der Waals surface area contributed by atoms with Gasteiger partial charge in [-0.2, -0.15) is 5.10 Å². The zero-order chi connectivity index (χ0) is 15.3. The average Bonchev–Trinajstić information content (AvgIpc) is 2.76. The number of aromatic nitrogens is 2. The lowest BCUT2D eigenvalue weighted by Crippen LogP contribution is -2.11. The molecular formula is C13H17N3O3S. The molecule has 0 amide bonds. The fourth-order valence-corrected chi connectivity index (χ4v) is 1.85. The van der Waals surface area contributed by atoms with Crippen LogP contribution in [0.25, 0.3) is 0 Å². The van der Waals surface area contributed by atoms with Gasteiger partial charge in [-0.15, -0.1) is 0 Å². The van der Waals surface area contributed by atoms with E-state index >= 15 is 0 Å². The van der Waals surface area contributed by atoms with Crippen molar-refractivity contribution in [1.82, 2.24) is 9.78 Å². The number of carbonyl (C=O) groups is 1. The van der Waals surface area contributed by atoms with Crippen molar-refractivity contribution in [3.8, 4) is 0 Å². The van der Waals surface area contributed by atoms with Crippen LogP contribution in [0.2, 0.25) is 0 Å². The summed E-state index contributed by atoms with van der Waals surface area (Å²) in [7, 11) is -1.74. The fourth-order valence-electron chi connectivity index (χ4n) is 1.33. The number of hydrogen-bond donors (Lipinski definition) is 1. The molecule has 0 aliphatic heterocycles. The van der Waals surface area contributed by atoms with Crippen molar-refractivity contribution in [2.24, 2.45) is 12.2 Å². The fraction of sp³-hybridized carbons (Fsp3) is 0.231. The summed E-state index contributed by atoms with van der Waals surface area (Å²) in [6, 6.07) is 6.40. The Bertz CT molecular complexity index is 688. The minimum absolute atomic E-state index is 0.0584. The van der Waals surface area contributed by atoms with E-state index in [2.05, 4.69) is 5.10 Å². The molecule has 0 spiro atoms. The first-order chi connectivity index (χ1) is 9.20. The molecule has 0 aliphatic rings. The second-order valence-corrected chi connectivity index (χ2v) is 5.88. The van der Waals surface area contributed by atoms with Gasteiger partial charge in [-0.1, -0.05) is 17.7 Å². The molecule has 7 heteroatoms. The van der Waals surface area contributed by atoms with Crippen LogP contribution in [-0.4, -0.2) is 24.0 Å². The van der Waals surface area contributed by atoms with Crippen LogP contribution >= 0.6 is 0 Å². The first-order valence-corrected chi connectivity index (χ1v) is 7.34. The molecule has 1 aromatic carbocycles. The molecule has 0 saturated carbocycles. The molecule has 0 fully saturated rings. The minimum Gasteiger partial charge on any atom is -0.294 e. The highest BCUT2D eigenvalue weighted by molar-refractivity contribution is 7.89. The molecule has 0 unspecified atom stereocenters. The van der Waals surface area contributed by atoms with Gasteiger partial charge in [-0.25, -0.2) is 13.6 Å². The largest absolute Gasteiger partial charge is 0.294 e. The lowest BCUT2D eigenvalue weighted by atomic mass is 10.2. The van der Waals surface area contributed by atoms with E-state index in [9.17, 15) is 13.2 Å². The van der Waals surface area contributed by atoms with E-state index in [1.165, 1.54) is 19.1 Å². The zero-order valence-electron chi connectivity index (χ0n) is 11.6. The number of carbonyl (C=O) groups excluding carboxylic acids is 1. The van der Waals surface area contributed by atoms with Gasteiger partial charge in [-0.3, -0.25) is 9.48 Å². The third-order valence-corrected chi connectivity index (χ3v) is 3.39. The van der Waals surface area contributed by atoms with Crippen LogP contribution in [0.15, 0.2) is 41.6 Å². The van der Waals surface area contributed by atoms with Crippen molar-refractivity contribution in [2.75, 3.05) is 0 Å². The Labute approximate surface area is 118 Å². The molecule has 0 bridgehead atoms. The topological polar surface area (TPSA) is 95.0 Å². The van der Waals surface area contributed by atoms with Crippen molar-refractivity contribution < 1.29 is 13.2 Å². The lowest BCUT2D eigenvalue weighted by molar-refractivity contribution is 0.101. The number of hydrogen-bond acceptors (Lipinski definition) is 4. The molecular weight excluding hydrogens is 278 g/mol. The molecule has 2 rings (SSSR count). The summed E-state index contributed by atoms with van der Waals surface area (Å²) < 4.78 is 23.1. The van der Waals surface area contributed by atoms with Crippen molar-refractivity contribution >= 4 is 15.8 Å². The molecule has 1 heterocycles. The number of benzene rings is 1. The van der Waals surface area contributed by atoms with Gasteiger partial charge in [0.1, 0.15) is 0 Å². The Kier molecular flexibility index (Phi) is 5.18. The van der Waals surface area contributed by atoms with E-state index in [1.807, 2.05) is 6.92 Å². The number of sulfonamides is 1. The first kappa shape index (κ1) is 16.1. The normalized spacial score (nSPS) is 10.6. The van der Waals surface area contributed by atoms with E-state index in [0.29, 0.717) is 5.56 Å². The summed E-state index contributed by atoms with van der Waals surface area (Å²) in [5, 5.41) is 8.71. The van der Waals surface area contributed by atoms with E-state index < -0.39 is 10.0 Å². The summed E-state index contributed by atoms with van der Waals surface area (Å²) in [6.45, 7) is 3.41. The molecule has 0 atom stereocenters. The molecule has 20 heavy (non-hydrogen) atoms. The maximum atomic E-state index is 10.7. The number of ketones is 1. The summed E-state index contributed by atoms with van der Waals surface area (Å²) in [4.78, 5) is 10.8. The smallest absolute Gasteiger partial charge is 0.238 e. The molecule has 108 valence electrons. The van der Waals surface area contributed by atoms with Gasteiger partial charge in [-0.05, 0) is 26.0 Å². The van der Waals surface area contributed by atoms with E-state index in [1.54, 1.807) is 36.3 Å². The Morgan fingerprint density at radius 1 is 1.25 bits per heavy atom. The van der Waals surface area contributed by atoms with Gasteiger partial charge in [0.2, 0.25) is 10.0 Å². The maximum Gasteiger partial charge on any atom is 0.238 e. The molecule has 6 nitrogen and oxygen atoms in total. The van der Waals surface area contributed by atoms with E-state index in [0.717, 1.165) is 5.56 Å². The molecule has 0 aliphatic carbocycles. The van der Waals surface area contributed by atoms with E-state index in [-0.39, 0.29) is 10.7 Å². The predicted octanol–water partition coefficient (Wildman–Crippen LogP) is 1.27. The number of nitrogens with two attached hydrogens (primary N) is 1. The van der Waals surface area contributed by atoms with Gasteiger partial charge < -0.3 is 0 Å². The highest BCUT2D eigenvalue weighted by Gasteiger charge is 2.04.